The molecule has 0 radical (unpaired) electrons. The lowest BCUT2D eigenvalue weighted by Crippen LogP contribution is -2.42. The van der Waals surface area contributed by atoms with Crippen molar-refractivity contribution in [2.24, 2.45) is 29.6 Å². The monoisotopic (exact) mass is 771 g/mol. The van der Waals surface area contributed by atoms with Crippen LogP contribution in [0, 0.1) is 29.6 Å². The number of aromatic amines is 1. The summed E-state index contributed by atoms with van der Waals surface area (Å²) in [5, 5.41) is 6.40. The van der Waals surface area contributed by atoms with Gasteiger partial charge in [0.15, 0.2) is 6.61 Å². The van der Waals surface area contributed by atoms with Crippen LogP contribution in [0.2, 0.25) is 5.02 Å². The minimum atomic E-state index is -0.445. The van der Waals surface area contributed by atoms with Crippen LogP contribution >= 0.6 is 50.6 Å². The van der Waals surface area contributed by atoms with Crippen LogP contribution in [0.3, 0.4) is 0 Å². The SMILES string of the molecule is O=C(COc1ccc(Br)cc1[C@H]1c2sc(=O)[nH]c2SC2C3CC(C4C(=O)N(c5ccc(Cl)cc5)C(=O)C34)C21)Nc1ccc2ccccc2c1. The number of hydrogen-bond donors (Lipinski definition) is 2. The lowest BCUT2D eigenvalue weighted by molar-refractivity contribution is -0.123. The Morgan fingerprint density at radius 1 is 0.939 bits per heavy atom. The molecule has 9 rings (SSSR count). The maximum atomic E-state index is 14.1. The molecule has 2 aliphatic heterocycles. The van der Waals surface area contributed by atoms with Gasteiger partial charge >= 0.3 is 4.87 Å². The number of halogens is 2. The van der Waals surface area contributed by atoms with Gasteiger partial charge < -0.3 is 15.0 Å². The Bertz CT molecular complexity index is 2260. The summed E-state index contributed by atoms with van der Waals surface area (Å²) in [6, 6.07) is 26.2. The lowest BCUT2D eigenvalue weighted by atomic mass is 9.68. The van der Waals surface area contributed by atoms with Crippen molar-refractivity contribution in [2.45, 2.75) is 22.6 Å². The van der Waals surface area contributed by atoms with Gasteiger partial charge in [-0.2, -0.15) is 0 Å². The van der Waals surface area contributed by atoms with E-state index in [2.05, 4.69) is 26.2 Å². The number of thioether (sulfide) groups is 1. The predicted octanol–water partition coefficient (Wildman–Crippen LogP) is 7.70. The van der Waals surface area contributed by atoms with Crippen molar-refractivity contribution < 1.29 is 19.1 Å². The zero-order valence-electron chi connectivity index (χ0n) is 25.6. The summed E-state index contributed by atoms with van der Waals surface area (Å²) in [6.07, 6.45) is 0.762. The Balaban J connectivity index is 1.04. The second-order valence-corrected chi connectivity index (χ2v) is 16.6. The average molecular weight is 773 g/mol. The third kappa shape index (κ3) is 5.08. The lowest BCUT2D eigenvalue weighted by Gasteiger charge is -2.43. The fourth-order valence-electron chi connectivity index (χ4n) is 8.71. The molecule has 0 spiro atoms. The van der Waals surface area contributed by atoms with Gasteiger partial charge in [-0.3, -0.25) is 24.1 Å². The number of amides is 3. The molecule has 2 N–H and O–H groups in total. The van der Waals surface area contributed by atoms with Gasteiger partial charge in [0, 0.05) is 36.8 Å². The number of imide groups is 1. The molecule has 6 unspecified atom stereocenters. The summed E-state index contributed by atoms with van der Waals surface area (Å²) in [6.45, 7) is -0.215. The Morgan fingerprint density at radius 3 is 2.49 bits per heavy atom. The molecular weight excluding hydrogens is 746 g/mol. The number of aromatic nitrogens is 1. The zero-order chi connectivity index (χ0) is 33.6. The Labute approximate surface area is 302 Å². The summed E-state index contributed by atoms with van der Waals surface area (Å²) in [5.74, 6) is -1.34. The minimum Gasteiger partial charge on any atom is -0.483 e. The van der Waals surface area contributed by atoms with Crippen LogP contribution in [-0.4, -0.2) is 34.6 Å². The fourth-order valence-corrected chi connectivity index (χ4v) is 12.1. The minimum absolute atomic E-state index is 0.0129. The Morgan fingerprint density at radius 2 is 1.69 bits per heavy atom. The maximum absolute atomic E-state index is 14.1. The van der Waals surface area contributed by atoms with Gasteiger partial charge in [-0.25, -0.2) is 0 Å². The van der Waals surface area contributed by atoms with Crippen molar-refractivity contribution in [1.82, 2.24) is 4.98 Å². The number of anilines is 2. The van der Waals surface area contributed by atoms with Crippen LogP contribution in [0.5, 0.6) is 5.75 Å². The van der Waals surface area contributed by atoms with E-state index in [9.17, 15) is 19.2 Å². The van der Waals surface area contributed by atoms with Crippen molar-refractivity contribution in [3.05, 3.63) is 115 Å². The quantitative estimate of drug-likeness (QED) is 0.171. The van der Waals surface area contributed by atoms with Gasteiger partial charge in [-0.05, 0) is 89.5 Å². The van der Waals surface area contributed by atoms with E-state index >= 15 is 0 Å². The highest BCUT2D eigenvalue weighted by Gasteiger charge is 2.69. The first-order chi connectivity index (χ1) is 23.7. The molecule has 49 heavy (non-hydrogen) atoms. The number of H-pyrrole nitrogens is 1. The van der Waals surface area contributed by atoms with E-state index in [0.717, 1.165) is 37.1 Å². The number of nitrogens with zero attached hydrogens (tertiary/aromatic N) is 1. The molecule has 1 aromatic heterocycles. The fraction of sp³-hybridized carbons (Fsp3) is 0.243. The molecule has 12 heteroatoms. The molecule has 246 valence electrons. The molecule has 4 aliphatic rings. The molecule has 1 saturated heterocycles. The van der Waals surface area contributed by atoms with E-state index in [0.29, 0.717) is 22.1 Å². The van der Waals surface area contributed by atoms with E-state index < -0.39 is 11.8 Å². The van der Waals surface area contributed by atoms with E-state index in [1.807, 2.05) is 60.7 Å². The van der Waals surface area contributed by atoms with Crippen molar-refractivity contribution in [1.29, 1.82) is 0 Å². The van der Waals surface area contributed by atoms with Crippen molar-refractivity contribution >= 4 is 90.5 Å². The summed E-state index contributed by atoms with van der Waals surface area (Å²) in [4.78, 5) is 59.1. The first kappa shape index (κ1) is 31.1. The van der Waals surface area contributed by atoms with Gasteiger partial charge in [0.2, 0.25) is 11.8 Å². The smallest absolute Gasteiger partial charge is 0.305 e. The third-order valence-electron chi connectivity index (χ3n) is 10.5. The molecule has 3 heterocycles. The third-order valence-corrected chi connectivity index (χ3v) is 13.8. The standard InChI is InChI=1S/C37H27BrClN3O5S2/c38-19-6-12-26(47-16-27(43)40-21-9-5-17-3-1-2-4-18(17)13-21)23(14-19)28-29-24-15-25(32(29)48-34-33(28)49-37(46)41-34)31-30(24)35(44)42(36(31)45)22-10-7-20(39)8-11-22/h1-14,24-25,28-32H,15-16H2,(H,40,43)(H,41,46)/t24?,25?,28-,29?,30?,31?,32?/m1/s1. The van der Waals surface area contributed by atoms with Crippen molar-refractivity contribution in [3.63, 3.8) is 0 Å². The van der Waals surface area contributed by atoms with Gasteiger partial charge in [-0.15, -0.1) is 11.8 Å². The molecule has 2 bridgehead atoms. The van der Waals surface area contributed by atoms with Crippen LogP contribution in [0.15, 0.2) is 99.2 Å². The number of ether oxygens (including phenoxy) is 1. The first-order valence-electron chi connectivity index (χ1n) is 16.0. The van der Waals surface area contributed by atoms with Crippen LogP contribution < -0.4 is 19.8 Å². The first-order valence-corrected chi connectivity index (χ1v) is 18.9. The van der Waals surface area contributed by atoms with Crippen molar-refractivity contribution in [2.75, 3.05) is 16.8 Å². The molecule has 2 aliphatic carbocycles. The van der Waals surface area contributed by atoms with Crippen molar-refractivity contribution in [3.8, 4) is 5.75 Å². The second kappa shape index (κ2) is 11.9. The van der Waals surface area contributed by atoms with E-state index in [-0.39, 0.29) is 58.1 Å². The van der Waals surface area contributed by atoms with Crippen LogP contribution in [0.1, 0.15) is 22.8 Å². The normalized spacial score (nSPS) is 26.5. The van der Waals surface area contributed by atoms with Gasteiger partial charge in [0.25, 0.3) is 5.91 Å². The Kier molecular flexibility index (Phi) is 7.53. The molecule has 3 fully saturated rings. The number of carbonyl (C=O) groups is 3. The number of nitrogens with one attached hydrogen (secondary N) is 2. The number of rotatable bonds is 6. The predicted molar refractivity (Wildman–Crippen MR) is 195 cm³/mol. The zero-order valence-corrected chi connectivity index (χ0v) is 29.6. The molecule has 7 atom stereocenters. The molecule has 3 amide bonds. The largest absolute Gasteiger partial charge is 0.483 e. The highest BCUT2D eigenvalue weighted by Crippen LogP contribution is 2.69. The van der Waals surface area contributed by atoms with Gasteiger partial charge in [0.05, 0.1) is 22.5 Å². The number of hydrogen-bond acceptors (Lipinski definition) is 7. The number of carbonyl (C=O) groups excluding carboxylic acids is 3. The summed E-state index contributed by atoms with van der Waals surface area (Å²) in [7, 11) is 0. The van der Waals surface area contributed by atoms with E-state index in [1.165, 1.54) is 16.2 Å². The number of thiazole rings is 1. The molecular formula is C37H27BrClN3O5S2. The second-order valence-electron chi connectivity index (χ2n) is 13.0. The van der Waals surface area contributed by atoms with Gasteiger partial charge in [-0.1, -0.05) is 69.2 Å². The molecule has 8 nitrogen and oxygen atoms in total. The topological polar surface area (TPSA) is 109 Å². The van der Waals surface area contributed by atoms with Gasteiger partial charge in [0.1, 0.15) is 5.75 Å². The van der Waals surface area contributed by atoms with Crippen LogP contribution in [0.4, 0.5) is 11.4 Å². The highest BCUT2D eigenvalue weighted by molar-refractivity contribution is 9.10. The summed E-state index contributed by atoms with van der Waals surface area (Å²) < 4.78 is 7.09. The van der Waals surface area contributed by atoms with E-state index in [1.54, 1.807) is 36.0 Å². The number of benzene rings is 4. The average Bonchev–Trinajstić information content (AvgIpc) is 3.83. The van der Waals surface area contributed by atoms with Crippen LogP contribution in [-0.2, 0) is 14.4 Å². The Hall–Kier alpha value is -3.90. The van der Waals surface area contributed by atoms with Crippen LogP contribution in [0.25, 0.3) is 10.8 Å². The molecule has 2 saturated carbocycles. The van der Waals surface area contributed by atoms with E-state index in [4.69, 9.17) is 16.3 Å². The number of fused-ring (bicyclic) bond motifs is 10. The molecule has 4 aromatic carbocycles. The summed E-state index contributed by atoms with van der Waals surface area (Å²) in [5.41, 5.74) is 2.06. The maximum Gasteiger partial charge on any atom is 0.305 e. The summed E-state index contributed by atoms with van der Waals surface area (Å²) >= 11 is 12.6. The highest BCUT2D eigenvalue weighted by atomic mass is 79.9. The molecule has 5 aromatic rings.